The van der Waals surface area contributed by atoms with Crippen LogP contribution in [0.25, 0.3) is 0 Å². The van der Waals surface area contributed by atoms with E-state index >= 15 is 0 Å². The first kappa shape index (κ1) is 35.7. The second-order valence-electron chi connectivity index (χ2n) is 15.1. The van der Waals surface area contributed by atoms with Crippen molar-refractivity contribution < 1.29 is 43.5 Å². The van der Waals surface area contributed by atoms with Gasteiger partial charge >= 0.3 is 11.9 Å². The van der Waals surface area contributed by atoms with Gasteiger partial charge in [-0.2, -0.15) is 0 Å². The van der Waals surface area contributed by atoms with Crippen molar-refractivity contribution in [2.24, 2.45) is 23.7 Å². The molecule has 9 nitrogen and oxygen atoms in total. The molecule has 4 aliphatic heterocycles. The summed E-state index contributed by atoms with van der Waals surface area (Å²) in [6.45, 7) is 14.1. The smallest absolute Gasteiger partial charge is 0.331 e. The van der Waals surface area contributed by atoms with Crippen molar-refractivity contribution in [1.82, 2.24) is 0 Å². The Bertz CT molecular complexity index is 1340. The van der Waals surface area contributed by atoms with E-state index in [9.17, 15) is 19.8 Å². The Morgan fingerprint density at radius 2 is 1.96 bits per heavy atom. The summed E-state index contributed by atoms with van der Waals surface area (Å²) in [6, 6.07) is 0. The van der Waals surface area contributed by atoms with E-state index in [1.54, 1.807) is 19.9 Å². The molecule has 2 N–H and O–H groups in total. The van der Waals surface area contributed by atoms with Gasteiger partial charge in [0.15, 0.2) is 5.79 Å². The van der Waals surface area contributed by atoms with Crippen molar-refractivity contribution in [3.8, 4) is 0 Å². The predicted molar refractivity (Wildman–Crippen MR) is 177 cm³/mol. The SMILES string of the molecule is CC(C)=CC(=O)OCC1=C[C@H]2C(=O)O[C@H]3C[C@@H](C/C=C(\C)C[C@@H](C)/C=C/C=C4\CO[C@H]([C@@H]1O)[C@@]42O)O[C@@]1(CC[C@H](C)[C@@H](C(C)C)O1)C3. The lowest BCUT2D eigenvalue weighted by Crippen LogP contribution is -2.59. The van der Waals surface area contributed by atoms with Crippen LogP contribution in [0.4, 0.5) is 0 Å². The second-order valence-corrected chi connectivity index (χ2v) is 15.1. The first-order valence-corrected chi connectivity index (χ1v) is 17.3. The lowest BCUT2D eigenvalue weighted by Gasteiger charge is -2.50. The minimum absolute atomic E-state index is 0.0193. The Morgan fingerprint density at radius 3 is 2.68 bits per heavy atom. The van der Waals surface area contributed by atoms with Crippen molar-refractivity contribution in [2.45, 2.75) is 129 Å². The van der Waals surface area contributed by atoms with Crippen LogP contribution < -0.4 is 0 Å². The Balaban J connectivity index is 1.52. The average Bonchev–Trinajstić information content (AvgIpc) is 3.33. The lowest BCUT2D eigenvalue weighted by molar-refractivity contribution is -0.340. The summed E-state index contributed by atoms with van der Waals surface area (Å²) < 4.78 is 31.3. The molecule has 9 heteroatoms. The van der Waals surface area contributed by atoms with Crippen LogP contribution in [0.3, 0.4) is 0 Å². The van der Waals surface area contributed by atoms with Gasteiger partial charge in [-0.3, -0.25) is 4.79 Å². The first-order chi connectivity index (χ1) is 22.2. The summed E-state index contributed by atoms with van der Waals surface area (Å²) in [4.78, 5) is 26.6. The Labute approximate surface area is 279 Å². The molecule has 0 amide bonds. The van der Waals surface area contributed by atoms with Gasteiger partial charge in [-0.1, -0.05) is 69.2 Å². The number of carbonyl (C=O) groups is 2. The number of fused-ring (bicyclic) bond motifs is 2. The second kappa shape index (κ2) is 14.5. The number of allylic oxidation sites excluding steroid dienone is 5. The van der Waals surface area contributed by atoms with Crippen LogP contribution in [0.1, 0.15) is 87.0 Å². The lowest BCUT2D eigenvalue weighted by atomic mass is 9.70. The van der Waals surface area contributed by atoms with Crippen molar-refractivity contribution in [3.63, 3.8) is 0 Å². The Kier molecular flexibility index (Phi) is 11.0. The van der Waals surface area contributed by atoms with Gasteiger partial charge in [-0.25, -0.2) is 4.79 Å². The maximum absolute atomic E-state index is 14.3. The average molecular weight is 655 g/mol. The molecule has 0 aromatic rings. The minimum Gasteiger partial charge on any atom is -0.462 e. The molecule has 0 aromatic carbocycles. The highest BCUT2D eigenvalue weighted by Crippen LogP contribution is 2.47. The molecule has 4 heterocycles. The predicted octanol–water partition coefficient (Wildman–Crippen LogP) is 5.66. The Hall–Kier alpha value is -2.56. The number of esters is 2. The van der Waals surface area contributed by atoms with Crippen LogP contribution in [0.2, 0.25) is 0 Å². The van der Waals surface area contributed by atoms with Gasteiger partial charge in [0.25, 0.3) is 0 Å². The highest BCUT2D eigenvalue weighted by Gasteiger charge is 2.60. The molecule has 0 radical (unpaired) electrons. The van der Waals surface area contributed by atoms with Crippen LogP contribution in [0, 0.1) is 23.7 Å². The zero-order valence-electron chi connectivity index (χ0n) is 29.1. The summed E-state index contributed by atoms with van der Waals surface area (Å²) in [5.74, 6) is -2.35. The zero-order chi connectivity index (χ0) is 34.1. The maximum atomic E-state index is 14.3. The summed E-state index contributed by atoms with van der Waals surface area (Å²) in [5, 5.41) is 23.7. The third kappa shape index (κ3) is 7.86. The fraction of sp³-hybridized carbons (Fsp3) is 0.684. The van der Waals surface area contributed by atoms with E-state index in [2.05, 4.69) is 46.8 Å². The zero-order valence-corrected chi connectivity index (χ0v) is 29.1. The standard InChI is InChI=1S/C38H54O9/c1-22(2)15-32(39)43-20-27-17-31-36(41)45-30-18-29(46-37(19-30)14-13-26(7)34(47-37)23(3)4)12-11-25(6)16-24(5)9-8-10-28-21-44-35(33(27)40)38(28,31)42/h8-11,15,17,23-24,26,29-31,33-35,40,42H,12-14,16,18-21H2,1-7H3/b9-8+,25-11+,28-10+/t24-,26-,29+,30-,31-,33+,34+,35+,37+,38+/m0/s1. The van der Waals surface area contributed by atoms with Gasteiger partial charge in [0, 0.05) is 25.3 Å². The van der Waals surface area contributed by atoms with Crippen molar-refractivity contribution in [3.05, 3.63) is 58.7 Å². The topological polar surface area (TPSA) is 121 Å². The number of aliphatic hydroxyl groups excluding tert-OH is 1. The number of carbonyl (C=O) groups excluding carboxylic acids is 2. The molecule has 47 heavy (non-hydrogen) atoms. The molecule has 0 aromatic heterocycles. The molecule has 1 spiro atoms. The molecular formula is C38H54O9. The molecule has 5 aliphatic rings. The maximum Gasteiger partial charge on any atom is 0.331 e. The number of hydrogen-bond acceptors (Lipinski definition) is 9. The third-order valence-electron chi connectivity index (χ3n) is 10.3. The number of rotatable bonds is 4. The molecule has 3 saturated heterocycles. The van der Waals surface area contributed by atoms with Crippen LogP contribution in [0.5, 0.6) is 0 Å². The number of ether oxygens (including phenoxy) is 5. The van der Waals surface area contributed by atoms with E-state index in [1.807, 2.05) is 6.08 Å². The van der Waals surface area contributed by atoms with E-state index in [1.165, 1.54) is 17.7 Å². The van der Waals surface area contributed by atoms with Gasteiger partial charge in [0.1, 0.15) is 36.4 Å². The highest BCUT2D eigenvalue weighted by molar-refractivity contribution is 5.83. The number of hydrogen-bond donors (Lipinski definition) is 2. The number of aliphatic hydroxyl groups is 2. The molecule has 1 aliphatic carbocycles. The minimum atomic E-state index is -1.86. The van der Waals surface area contributed by atoms with Gasteiger partial charge < -0.3 is 33.9 Å². The van der Waals surface area contributed by atoms with Crippen LogP contribution >= 0.6 is 0 Å². The van der Waals surface area contributed by atoms with E-state index in [0.717, 1.165) is 18.4 Å². The van der Waals surface area contributed by atoms with E-state index in [0.29, 0.717) is 43.1 Å². The first-order valence-electron chi connectivity index (χ1n) is 17.3. The summed E-state index contributed by atoms with van der Waals surface area (Å²) in [7, 11) is 0. The molecule has 0 saturated carbocycles. The molecule has 10 atom stereocenters. The molecular weight excluding hydrogens is 600 g/mol. The summed E-state index contributed by atoms with van der Waals surface area (Å²) in [6.07, 6.45) is 11.7. The van der Waals surface area contributed by atoms with Gasteiger partial charge in [0.2, 0.25) is 0 Å². The molecule has 3 fully saturated rings. The molecule has 260 valence electrons. The van der Waals surface area contributed by atoms with Crippen LogP contribution in [-0.2, 0) is 33.3 Å². The highest BCUT2D eigenvalue weighted by atomic mass is 16.7. The van der Waals surface area contributed by atoms with E-state index in [4.69, 9.17) is 23.7 Å². The summed E-state index contributed by atoms with van der Waals surface area (Å²) >= 11 is 0. The monoisotopic (exact) mass is 654 g/mol. The Morgan fingerprint density at radius 1 is 1.19 bits per heavy atom. The van der Waals surface area contributed by atoms with E-state index in [-0.39, 0.29) is 36.9 Å². The fourth-order valence-electron chi connectivity index (χ4n) is 7.96. The van der Waals surface area contributed by atoms with Crippen LogP contribution in [0.15, 0.2) is 58.7 Å². The van der Waals surface area contributed by atoms with E-state index < -0.39 is 47.6 Å². The van der Waals surface area contributed by atoms with Crippen molar-refractivity contribution in [2.75, 3.05) is 13.2 Å². The van der Waals surface area contributed by atoms with Crippen molar-refractivity contribution in [1.29, 1.82) is 0 Å². The molecule has 0 unspecified atom stereocenters. The fourth-order valence-corrected chi connectivity index (χ4v) is 7.96. The largest absolute Gasteiger partial charge is 0.462 e. The van der Waals surface area contributed by atoms with Crippen LogP contribution in [-0.4, -0.2) is 77.3 Å². The molecule has 5 rings (SSSR count). The summed E-state index contributed by atoms with van der Waals surface area (Å²) in [5.41, 5.74) is 0.927. The van der Waals surface area contributed by atoms with Crippen molar-refractivity contribution >= 4 is 11.9 Å². The quantitative estimate of drug-likeness (QED) is 0.225. The van der Waals surface area contributed by atoms with Gasteiger partial charge in [0.05, 0.1) is 18.8 Å². The van der Waals surface area contributed by atoms with Gasteiger partial charge in [-0.05, 0) is 68.9 Å². The van der Waals surface area contributed by atoms with Gasteiger partial charge in [-0.15, -0.1) is 0 Å². The third-order valence-corrected chi connectivity index (χ3v) is 10.3. The normalized spacial score (nSPS) is 42.3. The molecule has 2 bridgehead atoms.